The minimum Gasteiger partial charge on any atom is -0.481 e. The fraction of sp³-hybridized carbons (Fsp3) is 0.500. The number of pyridine rings is 1. The Bertz CT molecular complexity index is 521. The molecule has 1 saturated carbocycles. The number of rotatable bonds is 4. The Labute approximate surface area is 122 Å². The molecule has 0 bridgehead atoms. The summed E-state index contributed by atoms with van der Waals surface area (Å²) in [6.45, 7) is 2.01. The Hall–Kier alpha value is -1.62. The number of carboxylic acid groups (broad SMARTS) is 1. The lowest BCUT2D eigenvalue weighted by molar-refractivity contribution is -0.145. The third kappa shape index (κ3) is 3.10. The number of aromatic nitrogens is 1. The average Bonchev–Trinajstić information content (AvgIpc) is 2.86. The van der Waals surface area contributed by atoms with E-state index in [9.17, 15) is 14.7 Å². The molecule has 1 aliphatic rings. The van der Waals surface area contributed by atoms with Gasteiger partial charge in [0.25, 0.3) is 0 Å². The molecule has 6 heteroatoms. The maximum atomic E-state index is 12.3. The summed E-state index contributed by atoms with van der Waals surface area (Å²) in [7, 11) is 0. The molecular weight excluding hydrogens is 280 g/mol. The molecule has 0 saturated heterocycles. The third-order valence-electron chi connectivity index (χ3n) is 3.89. The van der Waals surface area contributed by atoms with Gasteiger partial charge in [0.1, 0.15) is 0 Å². The Morgan fingerprint density at radius 3 is 2.75 bits per heavy atom. The minimum atomic E-state index is -0.909. The fourth-order valence-electron chi connectivity index (χ4n) is 2.73. The molecule has 108 valence electrons. The van der Waals surface area contributed by atoms with Gasteiger partial charge in [-0.1, -0.05) is 24.9 Å². The van der Waals surface area contributed by atoms with Crippen molar-refractivity contribution in [3.05, 3.63) is 23.4 Å². The second kappa shape index (κ2) is 6.22. The van der Waals surface area contributed by atoms with Crippen LogP contribution >= 0.6 is 11.6 Å². The topological polar surface area (TPSA) is 79.3 Å². The van der Waals surface area contributed by atoms with Crippen molar-refractivity contribution < 1.29 is 14.7 Å². The van der Waals surface area contributed by atoms with Crippen LogP contribution in [0.25, 0.3) is 0 Å². The number of halogens is 1. The summed E-state index contributed by atoms with van der Waals surface area (Å²) < 4.78 is 0. The first-order valence-corrected chi connectivity index (χ1v) is 7.04. The van der Waals surface area contributed by atoms with E-state index in [1.165, 1.54) is 6.20 Å². The van der Waals surface area contributed by atoms with E-state index in [-0.39, 0.29) is 17.6 Å². The second-order valence-corrected chi connectivity index (χ2v) is 5.53. The Morgan fingerprint density at radius 1 is 1.45 bits per heavy atom. The van der Waals surface area contributed by atoms with Gasteiger partial charge >= 0.3 is 5.97 Å². The normalized spacial score (nSPS) is 25.4. The standard InChI is InChI=1S/C14H17ClN2O3/c1-2-8-6-9(10(7-8)14(19)20)13(18)17-12-11(15)4-3-5-16-12/h3-5,8-10H,2,6-7H2,1H3,(H,19,20)(H,16,17,18)/t8?,9-,10+/m0/s1. The predicted octanol–water partition coefficient (Wildman–Crippen LogP) is 2.81. The van der Waals surface area contributed by atoms with Crippen LogP contribution in [0.1, 0.15) is 26.2 Å². The Balaban J connectivity index is 2.11. The number of aliphatic carboxylic acids is 1. The molecule has 5 nitrogen and oxygen atoms in total. The van der Waals surface area contributed by atoms with E-state index >= 15 is 0 Å². The van der Waals surface area contributed by atoms with Crippen LogP contribution in [0.5, 0.6) is 0 Å². The smallest absolute Gasteiger partial charge is 0.307 e. The molecule has 0 aromatic carbocycles. The summed E-state index contributed by atoms with van der Waals surface area (Å²) in [4.78, 5) is 27.5. The van der Waals surface area contributed by atoms with E-state index < -0.39 is 17.8 Å². The van der Waals surface area contributed by atoms with Crippen molar-refractivity contribution in [2.24, 2.45) is 17.8 Å². The number of carbonyl (C=O) groups excluding carboxylic acids is 1. The van der Waals surface area contributed by atoms with Crippen LogP contribution in [0.4, 0.5) is 5.82 Å². The quantitative estimate of drug-likeness (QED) is 0.895. The lowest BCUT2D eigenvalue weighted by atomic mass is 9.95. The first-order chi connectivity index (χ1) is 9.52. The highest BCUT2D eigenvalue weighted by atomic mass is 35.5. The van der Waals surface area contributed by atoms with Crippen molar-refractivity contribution in [1.82, 2.24) is 4.98 Å². The molecule has 0 radical (unpaired) electrons. The zero-order valence-electron chi connectivity index (χ0n) is 11.2. The summed E-state index contributed by atoms with van der Waals surface area (Å²) in [6, 6.07) is 3.29. The van der Waals surface area contributed by atoms with Gasteiger partial charge < -0.3 is 10.4 Å². The van der Waals surface area contributed by atoms with E-state index in [4.69, 9.17) is 11.6 Å². The van der Waals surface area contributed by atoms with Crippen molar-refractivity contribution in [3.8, 4) is 0 Å². The van der Waals surface area contributed by atoms with Crippen molar-refractivity contribution in [1.29, 1.82) is 0 Å². The maximum Gasteiger partial charge on any atom is 0.307 e. The molecule has 1 aromatic rings. The first-order valence-electron chi connectivity index (χ1n) is 6.67. The molecule has 2 rings (SSSR count). The fourth-order valence-corrected chi connectivity index (χ4v) is 2.89. The molecule has 20 heavy (non-hydrogen) atoms. The molecule has 1 aliphatic carbocycles. The molecule has 1 heterocycles. The van der Waals surface area contributed by atoms with Crippen molar-refractivity contribution in [2.75, 3.05) is 5.32 Å². The minimum absolute atomic E-state index is 0.281. The number of hydrogen-bond donors (Lipinski definition) is 2. The predicted molar refractivity (Wildman–Crippen MR) is 75.5 cm³/mol. The summed E-state index contributed by atoms with van der Waals surface area (Å²) in [6.07, 6.45) is 3.57. The van der Waals surface area contributed by atoms with Crippen molar-refractivity contribution >= 4 is 29.3 Å². The molecule has 1 aromatic heterocycles. The number of hydrogen-bond acceptors (Lipinski definition) is 3. The van der Waals surface area contributed by atoms with Gasteiger partial charge in [-0.3, -0.25) is 9.59 Å². The highest BCUT2D eigenvalue weighted by Gasteiger charge is 2.42. The number of anilines is 1. The molecule has 3 atom stereocenters. The summed E-state index contributed by atoms with van der Waals surface area (Å²) in [5.74, 6) is -1.80. The monoisotopic (exact) mass is 296 g/mol. The largest absolute Gasteiger partial charge is 0.481 e. The molecule has 1 unspecified atom stereocenters. The van der Waals surface area contributed by atoms with Gasteiger partial charge in [-0.05, 0) is 30.9 Å². The Kier molecular flexibility index (Phi) is 4.60. The second-order valence-electron chi connectivity index (χ2n) is 5.12. The molecule has 0 aliphatic heterocycles. The van der Waals surface area contributed by atoms with E-state index in [0.717, 1.165) is 6.42 Å². The van der Waals surface area contributed by atoms with Crippen molar-refractivity contribution in [3.63, 3.8) is 0 Å². The number of nitrogens with zero attached hydrogens (tertiary/aromatic N) is 1. The third-order valence-corrected chi connectivity index (χ3v) is 4.20. The van der Waals surface area contributed by atoms with E-state index in [1.807, 2.05) is 6.92 Å². The van der Waals surface area contributed by atoms with Gasteiger partial charge in [0, 0.05) is 6.20 Å². The van der Waals surface area contributed by atoms with Crippen LogP contribution in [-0.2, 0) is 9.59 Å². The van der Waals surface area contributed by atoms with Gasteiger partial charge in [0.05, 0.1) is 16.9 Å². The first kappa shape index (κ1) is 14.8. The van der Waals surface area contributed by atoms with Gasteiger partial charge in [-0.15, -0.1) is 0 Å². The highest BCUT2D eigenvalue weighted by Crippen LogP contribution is 2.39. The molecular formula is C14H17ClN2O3. The zero-order valence-corrected chi connectivity index (χ0v) is 11.9. The molecule has 1 amide bonds. The SMILES string of the molecule is CCC1C[C@H](C(=O)Nc2ncccc2Cl)[C@H](C(=O)O)C1. The number of carboxylic acids is 1. The lowest BCUT2D eigenvalue weighted by Gasteiger charge is -2.15. The van der Waals surface area contributed by atoms with E-state index in [0.29, 0.717) is 17.9 Å². The zero-order chi connectivity index (χ0) is 14.7. The van der Waals surface area contributed by atoms with E-state index in [2.05, 4.69) is 10.3 Å². The maximum absolute atomic E-state index is 12.3. The van der Waals surface area contributed by atoms with Crippen LogP contribution in [0.2, 0.25) is 5.02 Å². The summed E-state index contributed by atoms with van der Waals surface area (Å²) in [5, 5.41) is 12.2. The van der Waals surface area contributed by atoms with Gasteiger partial charge in [0.2, 0.25) is 5.91 Å². The van der Waals surface area contributed by atoms with Gasteiger partial charge in [0.15, 0.2) is 5.82 Å². The van der Waals surface area contributed by atoms with Crippen LogP contribution in [0.3, 0.4) is 0 Å². The van der Waals surface area contributed by atoms with Crippen LogP contribution in [0, 0.1) is 17.8 Å². The van der Waals surface area contributed by atoms with Crippen LogP contribution < -0.4 is 5.32 Å². The molecule has 2 N–H and O–H groups in total. The number of amides is 1. The van der Waals surface area contributed by atoms with Crippen LogP contribution in [0.15, 0.2) is 18.3 Å². The number of nitrogens with one attached hydrogen (secondary N) is 1. The van der Waals surface area contributed by atoms with Crippen LogP contribution in [-0.4, -0.2) is 22.0 Å². The lowest BCUT2D eigenvalue weighted by Crippen LogP contribution is -2.30. The molecule has 0 spiro atoms. The summed E-state index contributed by atoms with van der Waals surface area (Å²) in [5.41, 5.74) is 0. The van der Waals surface area contributed by atoms with Gasteiger partial charge in [-0.25, -0.2) is 4.98 Å². The highest BCUT2D eigenvalue weighted by molar-refractivity contribution is 6.33. The summed E-state index contributed by atoms with van der Waals surface area (Å²) >= 11 is 5.94. The van der Waals surface area contributed by atoms with E-state index in [1.54, 1.807) is 12.1 Å². The van der Waals surface area contributed by atoms with Gasteiger partial charge in [-0.2, -0.15) is 0 Å². The Morgan fingerprint density at radius 2 is 2.15 bits per heavy atom. The average molecular weight is 297 g/mol. The van der Waals surface area contributed by atoms with Crippen molar-refractivity contribution in [2.45, 2.75) is 26.2 Å². The molecule has 1 fully saturated rings. The number of carbonyl (C=O) groups is 2.